The Morgan fingerprint density at radius 1 is 1.05 bits per heavy atom. The van der Waals surface area contributed by atoms with Crippen molar-refractivity contribution >= 4 is 27.5 Å². The lowest BCUT2D eigenvalue weighted by Gasteiger charge is -2.16. The van der Waals surface area contributed by atoms with Crippen molar-refractivity contribution in [2.45, 2.75) is 38.9 Å². The van der Waals surface area contributed by atoms with Gasteiger partial charge in [0, 0.05) is 10.4 Å². The van der Waals surface area contributed by atoms with Crippen LogP contribution >= 0.6 is 27.5 Å². The average Bonchev–Trinajstić information content (AvgIpc) is 2.43. The summed E-state index contributed by atoms with van der Waals surface area (Å²) < 4.78 is 6.11. The predicted octanol–water partition coefficient (Wildman–Crippen LogP) is 6.77. The summed E-state index contributed by atoms with van der Waals surface area (Å²) in [4.78, 5) is 0. The fourth-order valence-corrected chi connectivity index (χ4v) is 3.03. The molecule has 0 bridgehead atoms. The Balaban J connectivity index is 2.37. The number of rotatable bonds is 4. The summed E-state index contributed by atoms with van der Waals surface area (Å²) in [6.07, 6.45) is 0. The molecule has 0 aliphatic rings. The van der Waals surface area contributed by atoms with Gasteiger partial charge in [0.25, 0.3) is 0 Å². The van der Waals surface area contributed by atoms with Gasteiger partial charge in [0.15, 0.2) is 0 Å². The van der Waals surface area contributed by atoms with Crippen molar-refractivity contribution in [3.05, 3.63) is 57.6 Å². The monoisotopic (exact) mass is 366 g/mol. The lowest BCUT2D eigenvalue weighted by molar-refractivity contribution is 0.474. The molecule has 2 aromatic rings. The molecule has 0 atom stereocenters. The average molecular weight is 368 g/mol. The Labute approximate surface area is 140 Å². The van der Waals surface area contributed by atoms with Crippen molar-refractivity contribution in [3.63, 3.8) is 0 Å². The van der Waals surface area contributed by atoms with Crippen LogP contribution in [0.4, 0.5) is 0 Å². The highest BCUT2D eigenvalue weighted by atomic mass is 79.9. The molecule has 0 heterocycles. The zero-order chi connectivity index (χ0) is 15.6. The van der Waals surface area contributed by atoms with Gasteiger partial charge in [-0.25, -0.2) is 0 Å². The second kappa shape index (κ2) is 6.85. The van der Waals surface area contributed by atoms with Crippen molar-refractivity contribution in [2.24, 2.45) is 0 Å². The largest absolute Gasteiger partial charge is 0.457 e. The van der Waals surface area contributed by atoms with Crippen molar-refractivity contribution < 1.29 is 4.74 Å². The van der Waals surface area contributed by atoms with Crippen LogP contribution in [-0.4, -0.2) is 0 Å². The SMILES string of the molecule is Cc1cc(CBr)ccc1Oc1cc(C(C)C)c(Cl)cc1C. The molecule has 0 amide bonds. The number of hydrogen-bond donors (Lipinski definition) is 0. The van der Waals surface area contributed by atoms with Gasteiger partial charge in [-0.05, 0) is 60.2 Å². The van der Waals surface area contributed by atoms with E-state index in [1.165, 1.54) is 5.56 Å². The minimum Gasteiger partial charge on any atom is -0.457 e. The van der Waals surface area contributed by atoms with Crippen LogP contribution in [0, 0.1) is 13.8 Å². The van der Waals surface area contributed by atoms with Crippen molar-refractivity contribution in [2.75, 3.05) is 0 Å². The van der Waals surface area contributed by atoms with E-state index in [2.05, 4.69) is 54.9 Å². The molecule has 0 radical (unpaired) electrons. The first-order valence-corrected chi connectivity index (χ1v) is 8.55. The molecule has 0 saturated carbocycles. The first kappa shape index (κ1) is 16.4. The van der Waals surface area contributed by atoms with Gasteiger partial charge in [-0.2, -0.15) is 0 Å². The Bertz CT molecular complexity index is 650. The number of benzene rings is 2. The Hall–Kier alpha value is -0.990. The number of hydrogen-bond acceptors (Lipinski definition) is 1. The van der Waals surface area contributed by atoms with Crippen LogP contribution in [0.2, 0.25) is 5.02 Å². The van der Waals surface area contributed by atoms with Gasteiger partial charge in [0.1, 0.15) is 11.5 Å². The minimum atomic E-state index is 0.373. The third-order valence-corrected chi connectivity index (χ3v) is 4.50. The number of ether oxygens (including phenoxy) is 1. The Kier molecular flexibility index (Phi) is 5.34. The van der Waals surface area contributed by atoms with E-state index in [0.29, 0.717) is 5.92 Å². The van der Waals surface area contributed by atoms with Gasteiger partial charge in [-0.3, -0.25) is 0 Å². The molecule has 3 heteroatoms. The van der Waals surface area contributed by atoms with Crippen LogP contribution in [0.3, 0.4) is 0 Å². The Morgan fingerprint density at radius 3 is 2.29 bits per heavy atom. The normalized spacial score (nSPS) is 11.0. The molecule has 0 aliphatic heterocycles. The van der Waals surface area contributed by atoms with E-state index in [0.717, 1.165) is 38.5 Å². The second-order valence-corrected chi connectivity index (χ2v) is 6.60. The Morgan fingerprint density at radius 2 is 1.71 bits per heavy atom. The number of alkyl halides is 1. The topological polar surface area (TPSA) is 9.23 Å². The summed E-state index contributed by atoms with van der Waals surface area (Å²) in [6.45, 7) is 8.36. The minimum absolute atomic E-state index is 0.373. The quantitative estimate of drug-likeness (QED) is 0.542. The standard InChI is InChI=1S/C18H20BrClO/c1-11(2)15-9-18(13(4)8-16(15)20)21-17-6-5-14(10-19)7-12(17)3/h5-9,11H,10H2,1-4H3. The zero-order valence-electron chi connectivity index (χ0n) is 12.8. The molecule has 112 valence electrons. The molecular weight excluding hydrogens is 348 g/mol. The molecule has 1 nitrogen and oxygen atoms in total. The maximum Gasteiger partial charge on any atom is 0.130 e. The highest BCUT2D eigenvalue weighted by molar-refractivity contribution is 9.08. The van der Waals surface area contributed by atoms with E-state index in [1.54, 1.807) is 0 Å². The van der Waals surface area contributed by atoms with Crippen LogP contribution < -0.4 is 4.74 Å². The summed E-state index contributed by atoms with van der Waals surface area (Å²) in [7, 11) is 0. The highest BCUT2D eigenvalue weighted by Crippen LogP contribution is 2.35. The molecule has 21 heavy (non-hydrogen) atoms. The van der Waals surface area contributed by atoms with E-state index in [-0.39, 0.29) is 0 Å². The number of halogens is 2. The van der Waals surface area contributed by atoms with E-state index >= 15 is 0 Å². The van der Waals surface area contributed by atoms with E-state index < -0.39 is 0 Å². The van der Waals surface area contributed by atoms with E-state index in [9.17, 15) is 0 Å². The molecule has 0 saturated heterocycles. The van der Waals surface area contributed by atoms with Gasteiger partial charge in [-0.15, -0.1) is 0 Å². The molecule has 0 aliphatic carbocycles. The maximum absolute atomic E-state index is 6.31. The third-order valence-electron chi connectivity index (χ3n) is 3.53. The third kappa shape index (κ3) is 3.81. The summed E-state index contributed by atoms with van der Waals surface area (Å²) in [6, 6.07) is 10.3. The first-order chi connectivity index (χ1) is 9.92. The van der Waals surface area contributed by atoms with Gasteiger partial charge in [-0.1, -0.05) is 53.5 Å². The summed E-state index contributed by atoms with van der Waals surface area (Å²) in [5, 5.41) is 1.66. The molecular formula is C18H20BrClO. The van der Waals surface area contributed by atoms with Gasteiger partial charge < -0.3 is 4.74 Å². The molecule has 0 spiro atoms. The van der Waals surface area contributed by atoms with Crippen LogP contribution in [-0.2, 0) is 5.33 Å². The van der Waals surface area contributed by atoms with Crippen LogP contribution in [0.15, 0.2) is 30.3 Å². The second-order valence-electron chi connectivity index (χ2n) is 5.63. The fourth-order valence-electron chi connectivity index (χ4n) is 2.25. The summed E-state index contributed by atoms with van der Waals surface area (Å²) in [5.41, 5.74) is 4.54. The maximum atomic E-state index is 6.31. The van der Waals surface area contributed by atoms with Gasteiger partial charge >= 0.3 is 0 Å². The first-order valence-electron chi connectivity index (χ1n) is 7.05. The van der Waals surface area contributed by atoms with Crippen LogP contribution in [0.25, 0.3) is 0 Å². The van der Waals surface area contributed by atoms with Crippen molar-refractivity contribution in [1.82, 2.24) is 0 Å². The molecule has 2 aromatic carbocycles. The molecule has 0 N–H and O–H groups in total. The zero-order valence-corrected chi connectivity index (χ0v) is 15.2. The fraction of sp³-hybridized carbons (Fsp3) is 0.333. The molecule has 0 aromatic heterocycles. The molecule has 2 rings (SSSR count). The predicted molar refractivity (Wildman–Crippen MR) is 94.2 cm³/mol. The molecule has 0 unspecified atom stereocenters. The summed E-state index contributed by atoms with van der Waals surface area (Å²) in [5.74, 6) is 2.13. The highest BCUT2D eigenvalue weighted by Gasteiger charge is 2.11. The van der Waals surface area contributed by atoms with Crippen LogP contribution in [0.5, 0.6) is 11.5 Å². The smallest absolute Gasteiger partial charge is 0.130 e. The summed E-state index contributed by atoms with van der Waals surface area (Å²) >= 11 is 9.78. The van der Waals surface area contributed by atoms with Crippen molar-refractivity contribution in [3.8, 4) is 11.5 Å². The van der Waals surface area contributed by atoms with Gasteiger partial charge in [0.2, 0.25) is 0 Å². The molecule has 0 fully saturated rings. The van der Waals surface area contributed by atoms with E-state index in [1.807, 2.05) is 19.1 Å². The van der Waals surface area contributed by atoms with Gasteiger partial charge in [0.05, 0.1) is 0 Å². The van der Waals surface area contributed by atoms with E-state index in [4.69, 9.17) is 16.3 Å². The lowest BCUT2D eigenvalue weighted by atomic mass is 10.0. The van der Waals surface area contributed by atoms with Crippen LogP contribution in [0.1, 0.15) is 42.0 Å². The lowest BCUT2D eigenvalue weighted by Crippen LogP contribution is -1.95. The number of aryl methyl sites for hydroxylation is 2. The van der Waals surface area contributed by atoms with Crippen molar-refractivity contribution in [1.29, 1.82) is 0 Å².